The van der Waals surface area contributed by atoms with Gasteiger partial charge >= 0.3 is 0 Å². The Morgan fingerprint density at radius 2 is 1.80 bits per heavy atom. The molecule has 0 aliphatic heterocycles. The van der Waals surface area contributed by atoms with Crippen molar-refractivity contribution in [2.24, 2.45) is 5.92 Å². The van der Waals surface area contributed by atoms with Crippen LogP contribution in [-0.4, -0.2) is 6.29 Å². The lowest BCUT2D eigenvalue weighted by molar-refractivity contribution is 0.446. The molecule has 0 saturated heterocycles. The highest BCUT2D eigenvalue weighted by atomic mass is 16.1. The molecule has 0 aromatic heterocycles. The summed E-state index contributed by atoms with van der Waals surface area (Å²) < 4.78 is 0. The molecule has 1 atom stereocenters. The van der Waals surface area contributed by atoms with Crippen LogP contribution in [0.5, 0.6) is 0 Å². The molecule has 0 amide bonds. The fourth-order valence-corrected chi connectivity index (χ4v) is 1.76. The van der Waals surface area contributed by atoms with Crippen LogP contribution >= 0.6 is 0 Å². The zero-order valence-corrected chi connectivity index (χ0v) is 10.3. The maximum atomic E-state index is 9.99. The van der Waals surface area contributed by atoms with E-state index in [1.54, 1.807) is 0 Å². The Balaban J connectivity index is 3.17. The van der Waals surface area contributed by atoms with Crippen molar-refractivity contribution >= 4 is 6.29 Å². The lowest BCUT2D eigenvalue weighted by Gasteiger charge is -2.09. The van der Waals surface area contributed by atoms with Crippen molar-refractivity contribution in [1.29, 1.82) is 0 Å². The number of carbonyl (C=O) groups excluding carboxylic acids is 1. The van der Waals surface area contributed by atoms with Crippen LogP contribution in [0.2, 0.25) is 0 Å². The highest BCUT2D eigenvalue weighted by Crippen LogP contribution is 2.16. The van der Waals surface area contributed by atoms with Crippen LogP contribution in [0.4, 0.5) is 0 Å². The van der Waals surface area contributed by atoms with Crippen molar-refractivity contribution in [2.75, 3.05) is 0 Å². The Morgan fingerprint density at radius 3 is 2.40 bits per heavy atom. The van der Waals surface area contributed by atoms with Gasteiger partial charge in [-0.1, -0.05) is 44.8 Å². The third-order valence-corrected chi connectivity index (χ3v) is 2.78. The summed E-state index contributed by atoms with van der Waals surface area (Å²) in [6.07, 6.45) is 15.6. The molecule has 0 rings (SSSR count). The van der Waals surface area contributed by atoms with E-state index in [1.165, 1.54) is 38.5 Å². The number of unbranched alkanes of at least 4 members (excludes halogenated alkanes) is 4. The van der Waals surface area contributed by atoms with E-state index in [2.05, 4.69) is 26.0 Å². The van der Waals surface area contributed by atoms with E-state index < -0.39 is 0 Å². The van der Waals surface area contributed by atoms with Gasteiger partial charge in [-0.05, 0) is 32.1 Å². The average molecular weight is 209 g/mol. The predicted molar refractivity (Wildman–Crippen MR) is 66.6 cm³/mol. The molecule has 1 unspecified atom stereocenters. The molecule has 1 radical (unpaired) electrons. The normalized spacial score (nSPS) is 13.2. The molecular formula is C14H25O. The largest absolute Gasteiger partial charge is 0.291 e. The first kappa shape index (κ1) is 14.4. The van der Waals surface area contributed by atoms with Crippen molar-refractivity contribution in [2.45, 2.75) is 65.2 Å². The molecule has 15 heavy (non-hydrogen) atoms. The van der Waals surface area contributed by atoms with Gasteiger partial charge in [-0.2, -0.15) is 0 Å². The second-order valence-corrected chi connectivity index (χ2v) is 4.35. The zero-order chi connectivity index (χ0) is 11.4. The van der Waals surface area contributed by atoms with Crippen molar-refractivity contribution in [3.8, 4) is 0 Å². The van der Waals surface area contributed by atoms with Crippen LogP contribution in [0, 0.1) is 5.92 Å². The van der Waals surface area contributed by atoms with Gasteiger partial charge < -0.3 is 0 Å². The molecule has 0 bridgehead atoms. The van der Waals surface area contributed by atoms with E-state index in [9.17, 15) is 4.79 Å². The first-order valence-electron chi connectivity index (χ1n) is 6.27. The standard InChI is InChI=1S/C14H25O/c1-3-4-5-6-8-11-14(2)12-9-7-10-13-15/h3-4,14H,5-12H2,1-2H3/b4-3+. The van der Waals surface area contributed by atoms with E-state index in [-0.39, 0.29) is 0 Å². The van der Waals surface area contributed by atoms with Crippen LogP contribution < -0.4 is 0 Å². The van der Waals surface area contributed by atoms with Gasteiger partial charge in [0.15, 0.2) is 6.29 Å². The van der Waals surface area contributed by atoms with Crippen molar-refractivity contribution in [3.63, 3.8) is 0 Å². The Kier molecular flexibility index (Phi) is 11.0. The molecule has 0 aliphatic carbocycles. The SMILES string of the molecule is C/C=C/CCCCC(C)CCCC[C]=O. The topological polar surface area (TPSA) is 17.1 Å². The molecule has 0 aromatic carbocycles. The highest BCUT2D eigenvalue weighted by molar-refractivity contribution is 5.50. The summed E-state index contributed by atoms with van der Waals surface area (Å²) >= 11 is 0. The zero-order valence-electron chi connectivity index (χ0n) is 10.3. The smallest absolute Gasteiger partial charge is 0.198 e. The number of hydrogen-bond donors (Lipinski definition) is 0. The van der Waals surface area contributed by atoms with Gasteiger partial charge in [0.1, 0.15) is 0 Å². The van der Waals surface area contributed by atoms with Gasteiger partial charge in [0, 0.05) is 6.42 Å². The van der Waals surface area contributed by atoms with Gasteiger partial charge in [-0.25, -0.2) is 0 Å². The van der Waals surface area contributed by atoms with Crippen LogP contribution in [-0.2, 0) is 4.79 Å². The van der Waals surface area contributed by atoms with Crippen molar-refractivity contribution in [1.82, 2.24) is 0 Å². The lowest BCUT2D eigenvalue weighted by Crippen LogP contribution is -1.94. The summed E-state index contributed by atoms with van der Waals surface area (Å²) in [5.41, 5.74) is 0. The Morgan fingerprint density at radius 1 is 1.13 bits per heavy atom. The number of allylic oxidation sites excluding steroid dienone is 2. The van der Waals surface area contributed by atoms with Crippen molar-refractivity contribution < 1.29 is 4.79 Å². The fourth-order valence-electron chi connectivity index (χ4n) is 1.76. The Labute approximate surface area is 95.0 Å². The molecule has 0 heterocycles. The maximum absolute atomic E-state index is 9.99. The van der Waals surface area contributed by atoms with Crippen LogP contribution in [0.1, 0.15) is 65.2 Å². The summed E-state index contributed by atoms with van der Waals surface area (Å²) in [6, 6.07) is 0. The highest BCUT2D eigenvalue weighted by Gasteiger charge is 2.01. The molecule has 1 heteroatoms. The molecule has 0 saturated carbocycles. The minimum Gasteiger partial charge on any atom is -0.291 e. The second-order valence-electron chi connectivity index (χ2n) is 4.35. The molecular weight excluding hydrogens is 184 g/mol. The first-order chi connectivity index (χ1) is 7.31. The van der Waals surface area contributed by atoms with E-state index in [0.717, 1.165) is 12.3 Å². The fraction of sp³-hybridized carbons (Fsp3) is 0.786. The van der Waals surface area contributed by atoms with Crippen LogP contribution in [0.3, 0.4) is 0 Å². The average Bonchev–Trinajstić information content (AvgIpc) is 2.24. The number of hydrogen-bond acceptors (Lipinski definition) is 1. The maximum Gasteiger partial charge on any atom is 0.198 e. The summed E-state index contributed by atoms with van der Waals surface area (Å²) in [5.74, 6) is 0.822. The van der Waals surface area contributed by atoms with Gasteiger partial charge in [-0.3, -0.25) is 4.79 Å². The summed E-state index contributed by atoms with van der Waals surface area (Å²) in [6.45, 7) is 4.40. The third kappa shape index (κ3) is 11.3. The van der Waals surface area contributed by atoms with Gasteiger partial charge in [0.25, 0.3) is 0 Å². The predicted octanol–water partition coefficient (Wildman–Crippen LogP) is 4.43. The lowest BCUT2D eigenvalue weighted by atomic mass is 9.97. The monoisotopic (exact) mass is 209 g/mol. The second kappa shape index (κ2) is 11.5. The Bertz CT molecular complexity index is 161. The molecule has 0 aromatic rings. The van der Waals surface area contributed by atoms with Gasteiger partial charge in [-0.15, -0.1) is 0 Å². The summed E-state index contributed by atoms with van der Waals surface area (Å²) in [4.78, 5) is 9.99. The van der Waals surface area contributed by atoms with Crippen LogP contribution in [0.25, 0.3) is 0 Å². The van der Waals surface area contributed by atoms with Crippen molar-refractivity contribution in [3.05, 3.63) is 12.2 Å². The molecule has 87 valence electrons. The summed E-state index contributed by atoms with van der Waals surface area (Å²) in [5, 5.41) is 0. The van der Waals surface area contributed by atoms with E-state index in [1.807, 2.05) is 6.29 Å². The molecule has 0 spiro atoms. The quantitative estimate of drug-likeness (QED) is 0.384. The van der Waals surface area contributed by atoms with E-state index in [4.69, 9.17) is 0 Å². The molecule has 1 nitrogen and oxygen atoms in total. The summed E-state index contributed by atoms with van der Waals surface area (Å²) in [7, 11) is 0. The molecule has 0 N–H and O–H groups in total. The van der Waals surface area contributed by atoms with E-state index in [0.29, 0.717) is 6.42 Å². The van der Waals surface area contributed by atoms with Gasteiger partial charge in [0.2, 0.25) is 0 Å². The van der Waals surface area contributed by atoms with E-state index >= 15 is 0 Å². The first-order valence-corrected chi connectivity index (χ1v) is 6.27. The van der Waals surface area contributed by atoms with Crippen LogP contribution in [0.15, 0.2) is 12.2 Å². The van der Waals surface area contributed by atoms with Gasteiger partial charge in [0.05, 0.1) is 0 Å². The third-order valence-electron chi connectivity index (χ3n) is 2.78. The number of rotatable bonds is 10. The minimum atomic E-state index is 0.619. The molecule has 0 aliphatic rings. The Hall–Kier alpha value is -0.590. The minimum absolute atomic E-state index is 0.619. The molecule has 0 fully saturated rings.